The van der Waals surface area contributed by atoms with Crippen LogP contribution in [0, 0.1) is 13.8 Å². The monoisotopic (exact) mass is 228 g/mol. The van der Waals surface area contributed by atoms with E-state index in [1.165, 1.54) is 4.88 Å². The van der Waals surface area contributed by atoms with Gasteiger partial charge in [-0.05, 0) is 27.2 Å². The zero-order valence-corrected chi connectivity index (χ0v) is 10.7. The van der Waals surface area contributed by atoms with E-state index in [1.807, 2.05) is 13.8 Å². The summed E-state index contributed by atoms with van der Waals surface area (Å²) in [5, 5.41) is 13.6. The molecule has 15 heavy (non-hydrogen) atoms. The summed E-state index contributed by atoms with van der Waals surface area (Å²) in [7, 11) is 0. The maximum Gasteiger partial charge on any atom is 0.0900 e. The largest absolute Gasteiger partial charge is 0.395 e. The quantitative estimate of drug-likeness (QED) is 0.812. The molecule has 4 heteroatoms. The van der Waals surface area contributed by atoms with Gasteiger partial charge < -0.3 is 10.4 Å². The van der Waals surface area contributed by atoms with E-state index in [0.717, 1.165) is 17.1 Å². The molecule has 0 saturated heterocycles. The van der Waals surface area contributed by atoms with Crippen molar-refractivity contribution in [3.63, 3.8) is 0 Å². The number of nitrogens with zero attached hydrogens (tertiary/aromatic N) is 1. The second-order valence-electron chi connectivity index (χ2n) is 3.86. The smallest absolute Gasteiger partial charge is 0.0900 e. The minimum absolute atomic E-state index is 0.182. The van der Waals surface area contributed by atoms with Crippen LogP contribution in [0.5, 0.6) is 0 Å². The minimum Gasteiger partial charge on any atom is -0.395 e. The highest BCUT2D eigenvalue weighted by molar-refractivity contribution is 7.11. The normalized spacial score (nSPS) is 15.3. The predicted octanol–water partition coefficient (Wildman–Crippen LogP) is 2.18. The standard InChI is InChI=1S/C11H20N2OS/c1-5-10(6-14)13-8(3)11-7(2)12-9(4)15-11/h8,10,13-14H,5-6H2,1-4H3/t8?,10-/m0/s1. The molecule has 0 fully saturated rings. The van der Waals surface area contributed by atoms with Gasteiger partial charge >= 0.3 is 0 Å². The average Bonchev–Trinajstić information content (AvgIpc) is 2.54. The number of thiazole rings is 1. The molecule has 0 spiro atoms. The van der Waals surface area contributed by atoms with Crippen molar-refractivity contribution in [1.82, 2.24) is 10.3 Å². The molecule has 86 valence electrons. The molecule has 1 aromatic heterocycles. The van der Waals surface area contributed by atoms with Crippen molar-refractivity contribution in [2.45, 2.75) is 46.2 Å². The first-order valence-electron chi connectivity index (χ1n) is 5.39. The first kappa shape index (κ1) is 12.6. The van der Waals surface area contributed by atoms with Crippen molar-refractivity contribution in [3.8, 4) is 0 Å². The fourth-order valence-electron chi connectivity index (χ4n) is 1.68. The van der Waals surface area contributed by atoms with Crippen LogP contribution in [0.1, 0.15) is 41.9 Å². The van der Waals surface area contributed by atoms with E-state index in [-0.39, 0.29) is 18.7 Å². The molecular weight excluding hydrogens is 208 g/mol. The van der Waals surface area contributed by atoms with Crippen molar-refractivity contribution in [2.75, 3.05) is 6.61 Å². The lowest BCUT2D eigenvalue weighted by molar-refractivity contribution is 0.230. The maximum absolute atomic E-state index is 9.12. The van der Waals surface area contributed by atoms with Crippen LogP contribution < -0.4 is 5.32 Å². The fourth-order valence-corrected chi connectivity index (χ4v) is 2.62. The van der Waals surface area contributed by atoms with Gasteiger partial charge in [-0.25, -0.2) is 4.98 Å². The third-order valence-corrected chi connectivity index (χ3v) is 3.79. The summed E-state index contributed by atoms with van der Waals surface area (Å²) >= 11 is 1.73. The Morgan fingerprint density at radius 2 is 2.13 bits per heavy atom. The number of aliphatic hydroxyl groups excluding tert-OH is 1. The van der Waals surface area contributed by atoms with Crippen LogP contribution in [-0.2, 0) is 0 Å². The summed E-state index contributed by atoms with van der Waals surface area (Å²) in [4.78, 5) is 5.68. The zero-order valence-electron chi connectivity index (χ0n) is 9.87. The molecular formula is C11H20N2OS. The highest BCUT2D eigenvalue weighted by Crippen LogP contribution is 2.24. The van der Waals surface area contributed by atoms with Gasteiger partial charge in [-0.3, -0.25) is 0 Å². The fraction of sp³-hybridized carbons (Fsp3) is 0.727. The Morgan fingerprint density at radius 1 is 1.47 bits per heavy atom. The average molecular weight is 228 g/mol. The molecule has 0 aliphatic rings. The lowest BCUT2D eigenvalue weighted by Gasteiger charge is -2.19. The third-order valence-electron chi connectivity index (χ3n) is 2.53. The van der Waals surface area contributed by atoms with Gasteiger partial charge in [-0.2, -0.15) is 0 Å². The molecule has 0 amide bonds. The van der Waals surface area contributed by atoms with Gasteiger partial charge in [0, 0.05) is 17.0 Å². The predicted molar refractivity (Wildman–Crippen MR) is 64.3 cm³/mol. The van der Waals surface area contributed by atoms with Gasteiger partial charge in [-0.1, -0.05) is 6.92 Å². The number of rotatable bonds is 5. The highest BCUT2D eigenvalue weighted by Gasteiger charge is 2.15. The summed E-state index contributed by atoms with van der Waals surface area (Å²) < 4.78 is 0. The Hall–Kier alpha value is -0.450. The molecule has 0 saturated carbocycles. The van der Waals surface area contributed by atoms with Gasteiger partial charge in [0.2, 0.25) is 0 Å². The molecule has 2 atom stereocenters. The lowest BCUT2D eigenvalue weighted by Crippen LogP contribution is -2.33. The number of aromatic nitrogens is 1. The molecule has 1 aromatic rings. The number of aliphatic hydroxyl groups is 1. The van der Waals surface area contributed by atoms with Gasteiger partial charge in [-0.15, -0.1) is 11.3 Å². The second kappa shape index (κ2) is 5.58. The van der Waals surface area contributed by atoms with E-state index in [0.29, 0.717) is 0 Å². The Labute approximate surface area is 95.6 Å². The molecule has 3 nitrogen and oxygen atoms in total. The van der Waals surface area contributed by atoms with E-state index in [9.17, 15) is 0 Å². The zero-order chi connectivity index (χ0) is 11.4. The van der Waals surface area contributed by atoms with E-state index < -0.39 is 0 Å². The van der Waals surface area contributed by atoms with Crippen molar-refractivity contribution >= 4 is 11.3 Å². The SMILES string of the molecule is CC[C@@H](CO)NC(C)c1sc(C)nc1C. The Balaban J connectivity index is 2.67. The summed E-state index contributed by atoms with van der Waals surface area (Å²) in [5.41, 5.74) is 1.10. The Kier molecular flexibility index (Phi) is 4.70. The van der Waals surface area contributed by atoms with E-state index in [4.69, 9.17) is 5.11 Å². The molecule has 2 N–H and O–H groups in total. The Bertz CT molecular complexity index is 308. The van der Waals surface area contributed by atoms with Crippen LogP contribution >= 0.6 is 11.3 Å². The van der Waals surface area contributed by atoms with Crippen LogP contribution in [-0.4, -0.2) is 22.7 Å². The van der Waals surface area contributed by atoms with Crippen LogP contribution in [0.15, 0.2) is 0 Å². The number of nitrogens with one attached hydrogen (secondary N) is 1. The second-order valence-corrected chi connectivity index (χ2v) is 5.09. The van der Waals surface area contributed by atoms with Crippen LogP contribution in [0.25, 0.3) is 0 Å². The van der Waals surface area contributed by atoms with Crippen molar-refractivity contribution in [1.29, 1.82) is 0 Å². The summed E-state index contributed by atoms with van der Waals surface area (Å²) in [6.45, 7) is 8.45. The minimum atomic E-state index is 0.182. The molecule has 0 aliphatic carbocycles. The van der Waals surface area contributed by atoms with E-state index in [2.05, 4.69) is 24.1 Å². The van der Waals surface area contributed by atoms with Gasteiger partial charge in [0.15, 0.2) is 0 Å². The molecule has 0 bridgehead atoms. The first-order chi connectivity index (χ1) is 7.08. The van der Waals surface area contributed by atoms with Gasteiger partial charge in [0.1, 0.15) is 0 Å². The number of hydrogen-bond donors (Lipinski definition) is 2. The highest BCUT2D eigenvalue weighted by atomic mass is 32.1. The molecule has 0 aromatic carbocycles. The van der Waals surface area contributed by atoms with Crippen molar-refractivity contribution in [2.24, 2.45) is 0 Å². The molecule has 0 radical (unpaired) electrons. The van der Waals surface area contributed by atoms with Gasteiger partial charge in [0.25, 0.3) is 0 Å². The maximum atomic E-state index is 9.12. The van der Waals surface area contributed by atoms with Crippen LogP contribution in [0.4, 0.5) is 0 Å². The molecule has 1 heterocycles. The topological polar surface area (TPSA) is 45.1 Å². The van der Waals surface area contributed by atoms with E-state index >= 15 is 0 Å². The number of hydrogen-bond acceptors (Lipinski definition) is 4. The van der Waals surface area contributed by atoms with Crippen LogP contribution in [0.3, 0.4) is 0 Å². The third kappa shape index (κ3) is 3.26. The summed E-state index contributed by atoms with van der Waals surface area (Å²) in [5.74, 6) is 0. The molecule has 1 unspecified atom stereocenters. The van der Waals surface area contributed by atoms with Crippen molar-refractivity contribution < 1.29 is 5.11 Å². The summed E-state index contributed by atoms with van der Waals surface area (Å²) in [6.07, 6.45) is 0.942. The van der Waals surface area contributed by atoms with Gasteiger partial charge in [0.05, 0.1) is 17.3 Å². The Morgan fingerprint density at radius 3 is 2.53 bits per heavy atom. The molecule has 0 aliphatic heterocycles. The number of aryl methyl sites for hydroxylation is 2. The first-order valence-corrected chi connectivity index (χ1v) is 6.21. The van der Waals surface area contributed by atoms with E-state index in [1.54, 1.807) is 11.3 Å². The lowest BCUT2D eigenvalue weighted by atomic mass is 10.2. The van der Waals surface area contributed by atoms with Crippen LogP contribution in [0.2, 0.25) is 0 Å². The summed E-state index contributed by atoms with van der Waals surface area (Å²) in [6, 6.07) is 0.454. The molecule has 1 rings (SSSR count). The van der Waals surface area contributed by atoms with Crippen molar-refractivity contribution in [3.05, 3.63) is 15.6 Å².